The van der Waals surface area contributed by atoms with Crippen LogP contribution in [0, 0.1) is 0 Å². The van der Waals surface area contributed by atoms with Gasteiger partial charge in [0.05, 0.1) is 17.8 Å². The van der Waals surface area contributed by atoms with E-state index in [2.05, 4.69) is 41.2 Å². The number of nitrogens with one attached hydrogen (secondary N) is 1. The molecule has 2 atom stereocenters. The van der Waals surface area contributed by atoms with Gasteiger partial charge in [-0.15, -0.1) is 0 Å². The fourth-order valence-electron chi connectivity index (χ4n) is 3.19. The van der Waals surface area contributed by atoms with Gasteiger partial charge in [0, 0.05) is 32.4 Å². The van der Waals surface area contributed by atoms with Crippen LogP contribution >= 0.6 is 0 Å². The third-order valence-corrected chi connectivity index (χ3v) is 4.41. The van der Waals surface area contributed by atoms with Gasteiger partial charge in [0.2, 0.25) is 0 Å². The Hall–Kier alpha value is -2.44. The van der Waals surface area contributed by atoms with Gasteiger partial charge in [-0.3, -0.25) is 0 Å². The van der Waals surface area contributed by atoms with Gasteiger partial charge in [0.25, 0.3) is 0 Å². The molecule has 6 heteroatoms. The molecule has 2 aromatic rings. The van der Waals surface area contributed by atoms with Crippen molar-refractivity contribution < 1.29 is 14.6 Å². The number of pyridine rings is 1. The van der Waals surface area contributed by atoms with Crippen molar-refractivity contribution in [1.29, 1.82) is 0 Å². The van der Waals surface area contributed by atoms with E-state index in [1.807, 2.05) is 18.3 Å². The van der Waals surface area contributed by atoms with Gasteiger partial charge < -0.3 is 20.1 Å². The Morgan fingerprint density at radius 2 is 1.73 bits per heavy atom. The van der Waals surface area contributed by atoms with Crippen LogP contribution in [0.25, 0.3) is 0 Å². The average molecular weight is 355 g/mol. The quantitative estimate of drug-likeness (QED) is 0.830. The molecule has 6 nitrogen and oxygen atoms in total. The third kappa shape index (κ3) is 4.80. The lowest BCUT2D eigenvalue weighted by Gasteiger charge is -2.36. The second-order valence-corrected chi connectivity index (χ2v) is 6.79. The highest BCUT2D eigenvalue weighted by Gasteiger charge is 2.22. The van der Waals surface area contributed by atoms with Crippen molar-refractivity contribution in [1.82, 2.24) is 10.3 Å². The van der Waals surface area contributed by atoms with Crippen LogP contribution in [-0.2, 0) is 17.8 Å². The molecule has 0 saturated carbocycles. The van der Waals surface area contributed by atoms with Gasteiger partial charge >= 0.3 is 5.97 Å². The molecule has 2 heterocycles. The molecular weight excluding hydrogens is 330 g/mol. The fraction of sp³-hybridized carbons (Fsp3) is 0.400. The summed E-state index contributed by atoms with van der Waals surface area (Å²) >= 11 is 0. The third-order valence-electron chi connectivity index (χ3n) is 4.41. The molecule has 1 aromatic heterocycles. The zero-order valence-electron chi connectivity index (χ0n) is 15.2. The summed E-state index contributed by atoms with van der Waals surface area (Å²) < 4.78 is 5.77. The maximum atomic E-state index is 10.9. The van der Waals surface area contributed by atoms with Crippen molar-refractivity contribution >= 4 is 11.8 Å². The number of nitrogens with zero attached hydrogens (tertiary/aromatic N) is 2. The first-order valence-electron chi connectivity index (χ1n) is 8.89. The number of hydrogen-bond donors (Lipinski definition) is 2. The van der Waals surface area contributed by atoms with Crippen molar-refractivity contribution in [2.24, 2.45) is 0 Å². The first-order valence-corrected chi connectivity index (χ1v) is 8.89. The van der Waals surface area contributed by atoms with Crippen LogP contribution in [0.2, 0.25) is 0 Å². The van der Waals surface area contributed by atoms with Crippen molar-refractivity contribution in [3.05, 3.63) is 59.3 Å². The zero-order valence-corrected chi connectivity index (χ0v) is 15.2. The predicted octanol–water partition coefficient (Wildman–Crippen LogP) is 2.68. The molecule has 2 N–H and O–H groups in total. The summed E-state index contributed by atoms with van der Waals surface area (Å²) in [7, 11) is 0. The number of ether oxygens (including phenoxy) is 1. The van der Waals surface area contributed by atoms with Crippen molar-refractivity contribution in [2.45, 2.75) is 39.1 Å². The van der Waals surface area contributed by atoms with E-state index in [1.165, 1.54) is 0 Å². The standard InChI is InChI=1S/C20H25N3O3/c1-14-12-23(13-15(2)26-14)19-8-5-17(11-22-19)10-21-9-16-3-6-18(7-4-16)20(24)25/h3-8,11,14-15,21H,9-10,12-13H2,1-2H3,(H,24,25). The lowest BCUT2D eigenvalue weighted by Crippen LogP contribution is -2.45. The minimum atomic E-state index is -0.903. The molecule has 0 aliphatic carbocycles. The van der Waals surface area contributed by atoms with Crippen LogP contribution < -0.4 is 10.2 Å². The highest BCUT2D eigenvalue weighted by atomic mass is 16.5. The SMILES string of the molecule is CC1CN(c2ccc(CNCc3ccc(C(=O)O)cc3)cn2)CC(C)O1. The molecule has 0 radical (unpaired) electrons. The van der Waals surface area contributed by atoms with E-state index >= 15 is 0 Å². The number of carbonyl (C=O) groups is 1. The number of morpholine rings is 1. The van der Waals surface area contributed by atoms with E-state index in [0.29, 0.717) is 18.7 Å². The van der Waals surface area contributed by atoms with Crippen LogP contribution in [0.3, 0.4) is 0 Å². The Labute approximate surface area is 153 Å². The van der Waals surface area contributed by atoms with Crippen LogP contribution in [0.4, 0.5) is 5.82 Å². The highest BCUT2D eigenvalue weighted by Crippen LogP contribution is 2.18. The number of anilines is 1. The molecule has 1 aromatic carbocycles. The fourth-order valence-corrected chi connectivity index (χ4v) is 3.19. The molecule has 0 bridgehead atoms. The number of carboxylic acid groups (broad SMARTS) is 1. The van der Waals surface area contributed by atoms with Gasteiger partial charge in [0.15, 0.2) is 0 Å². The molecular formula is C20H25N3O3. The molecule has 138 valence electrons. The number of aromatic carboxylic acids is 1. The van der Waals surface area contributed by atoms with Crippen LogP contribution in [0.1, 0.15) is 35.3 Å². The van der Waals surface area contributed by atoms with Gasteiger partial charge in [-0.25, -0.2) is 9.78 Å². The molecule has 2 unspecified atom stereocenters. The molecule has 1 aliphatic heterocycles. The molecule has 1 fully saturated rings. The highest BCUT2D eigenvalue weighted by molar-refractivity contribution is 5.87. The molecule has 26 heavy (non-hydrogen) atoms. The predicted molar refractivity (Wildman–Crippen MR) is 100 cm³/mol. The van der Waals surface area contributed by atoms with E-state index in [1.54, 1.807) is 12.1 Å². The summed E-state index contributed by atoms with van der Waals surface area (Å²) in [5, 5.41) is 12.3. The maximum absolute atomic E-state index is 10.9. The molecule has 0 amide bonds. The molecule has 0 spiro atoms. The van der Waals surface area contributed by atoms with E-state index < -0.39 is 5.97 Å². The molecule has 1 saturated heterocycles. The van der Waals surface area contributed by atoms with E-state index in [9.17, 15) is 4.79 Å². The summed E-state index contributed by atoms with van der Waals surface area (Å²) in [6.07, 6.45) is 2.34. The minimum absolute atomic E-state index is 0.217. The first kappa shape index (κ1) is 18.4. The summed E-state index contributed by atoms with van der Waals surface area (Å²) in [5.41, 5.74) is 2.47. The van der Waals surface area contributed by atoms with Crippen LogP contribution in [0.15, 0.2) is 42.6 Å². The van der Waals surface area contributed by atoms with E-state index in [-0.39, 0.29) is 12.2 Å². The number of carboxylic acids is 1. The summed E-state index contributed by atoms with van der Waals surface area (Å²) in [4.78, 5) is 17.7. The van der Waals surface area contributed by atoms with Crippen LogP contribution in [-0.4, -0.2) is 41.4 Å². The van der Waals surface area contributed by atoms with E-state index in [4.69, 9.17) is 9.84 Å². The Kier molecular flexibility index (Phi) is 5.85. The number of aromatic nitrogens is 1. The Bertz CT molecular complexity index is 721. The lowest BCUT2D eigenvalue weighted by atomic mass is 10.1. The Morgan fingerprint density at radius 1 is 1.12 bits per heavy atom. The molecule has 3 rings (SSSR count). The zero-order chi connectivity index (χ0) is 18.5. The van der Waals surface area contributed by atoms with Gasteiger partial charge in [0.1, 0.15) is 5.82 Å². The average Bonchev–Trinajstić information content (AvgIpc) is 2.62. The van der Waals surface area contributed by atoms with Crippen LogP contribution in [0.5, 0.6) is 0 Å². The van der Waals surface area contributed by atoms with Crippen molar-refractivity contribution in [3.63, 3.8) is 0 Å². The number of rotatable bonds is 6. The maximum Gasteiger partial charge on any atom is 0.335 e. The van der Waals surface area contributed by atoms with Crippen molar-refractivity contribution in [3.8, 4) is 0 Å². The topological polar surface area (TPSA) is 74.7 Å². The summed E-state index contributed by atoms with van der Waals surface area (Å²) in [6, 6.07) is 11.1. The normalized spacial score (nSPS) is 20.2. The largest absolute Gasteiger partial charge is 0.478 e. The Morgan fingerprint density at radius 3 is 2.31 bits per heavy atom. The number of benzene rings is 1. The summed E-state index contributed by atoms with van der Waals surface area (Å²) in [5.74, 6) is 0.0831. The van der Waals surface area contributed by atoms with Gasteiger partial charge in [-0.1, -0.05) is 18.2 Å². The summed E-state index contributed by atoms with van der Waals surface area (Å²) in [6.45, 7) is 7.29. The smallest absolute Gasteiger partial charge is 0.335 e. The Balaban J connectivity index is 1.50. The molecule has 1 aliphatic rings. The van der Waals surface area contributed by atoms with Gasteiger partial charge in [-0.2, -0.15) is 0 Å². The second-order valence-electron chi connectivity index (χ2n) is 6.79. The first-order chi connectivity index (χ1) is 12.5. The van der Waals surface area contributed by atoms with Gasteiger partial charge in [-0.05, 0) is 43.2 Å². The van der Waals surface area contributed by atoms with Crippen molar-refractivity contribution in [2.75, 3.05) is 18.0 Å². The van der Waals surface area contributed by atoms with E-state index in [0.717, 1.165) is 30.0 Å². The number of hydrogen-bond acceptors (Lipinski definition) is 5. The monoisotopic (exact) mass is 355 g/mol. The lowest BCUT2D eigenvalue weighted by molar-refractivity contribution is -0.00546. The minimum Gasteiger partial charge on any atom is -0.478 e. The second kappa shape index (κ2) is 8.29.